The summed E-state index contributed by atoms with van der Waals surface area (Å²) in [4.78, 5) is 26.7. The summed E-state index contributed by atoms with van der Waals surface area (Å²) >= 11 is 0. The maximum absolute atomic E-state index is 14.7. The minimum atomic E-state index is -0.730. The van der Waals surface area contributed by atoms with E-state index in [0.29, 0.717) is 40.1 Å². The first-order valence-electron chi connectivity index (χ1n) is 8.16. The second-order valence-corrected chi connectivity index (χ2v) is 6.81. The molecule has 1 aliphatic carbocycles. The SMILES string of the molecule is Cc1c(N2CCC(N)C2)c(F)cn2c(=O)n(N)c(=O)c(C3CC3)c12.Cl. The highest BCUT2D eigenvalue weighted by Gasteiger charge is 2.33. The van der Waals surface area contributed by atoms with Gasteiger partial charge >= 0.3 is 5.69 Å². The van der Waals surface area contributed by atoms with Crippen molar-refractivity contribution in [2.24, 2.45) is 5.73 Å². The van der Waals surface area contributed by atoms with Crippen molar-refractivity contribution < 1.29 is 4.39 Å². The molecular weight excluding hydrogens is 349 g/mol. The van der Waals surface area contributed by atoms with Gasteiger partial charge in [-0.2, -0.15) is 4.68 Å². The fourth-order valence-electron chi connectivity index (χ4n) is 3.75. The van der Waals surface area contributed by atoms with Gasteiger partial charge in [-0.25, -0.2) is 9.18 Å². The van der Waals surface area contributed by atoms with Crippen LogP contribution in [0.5, 0.6) is 0 Å². The van der Waals surface area contributed by atoms with Gasteiger partial charge in [0, 0.05) is 30.3 Å². The van der Waals surface area contributed by atoms with E-state index in [2.05, 4.69) is 0 Å². The minimum Gasteiger partial charge on any atom is -0.367 e. The Kier molecular flexibility index (Phi) is 4.28. The molecule has 0 bridgehead atoms. The van der Waals surface area contributed by atoms with Crippen LogP contribution in [0.2, 0.25) is 0 Å². The fourth-order valence-corrected chi connectivity index (χ4v) is 3.75. The zero-order valence-electron chi connectivity index (χ0n) is 13.9. The summed E-state index contributed by atoms with van der Waals surface area (Å²) in [7, 11) is 0. The van der Waals surface area contributed by atoms with Gasteiger partial charge in [-0.3, -0.25) is 9.20 Å². The van der Waals surface area contributed by atoms with Gasteiger partial charge in [-0.05, 0) is 32.1 Å². The Labute approximate surface area is 149 Å². The van der Waals surface area contributed by atoms with Crippen LogP contribution in [0.4, 0.5) is 10.1 Å². The van der Waals surface area contributed by atoms with E-state index in [1.54, 1.807) is 6.92 Å². The van der Waals surface area contributed by atoms with Gasteiger partial charge in [0.2, 0.25) is 0 Å². The van der Waals surface area contributed by atoms with Crippen molar-refractivity contribution in [3.8, 4) is 0 Å². The minimum absolute atomic E-state index is 0. The number of rotatable bonds is 2. The molecule has 0 spiro atoms. The van der Waals surface area contributed by atoms with Crippen molar-refractivity contribution in [1.82, 2.24) is 9.08 Å². The number of nitrogens with zero attached hydrogens (tertiary/aromatic N) is 3. The van der Waals surface area contributed by atoms with Gasteiger partial charge in [0.15, 0.2) is 5.82 Å². The number of halogens is 2. The van der Waals surface area contributed by atoms with Crippen LogP contribution in [0.15, 0.2) is 15.8 Å². The largest absolute Gasteiger partial charge is 0.367 e. The van der Waals surface area contributed by atoms with Crippen molar-refractivity contribution in [1.29, 1.82) is 0 Å². The normalized spacial score (nSPS) is 20.1. The summed E-state index contributed by atoms with van der Waals surface area (Å²) < 4.78 is 16.5. The van der Waals surface area contributed by atoms with Crippen LogP contribution in [0.1, 0.15) is 36.3 Å². The highest BCUT2D eigenvalue weighted by molar-refractivity contribution is 5.85. The number of nitrogen functional groups attached to an aromatic ring is 1. The van der Waals surface area contributed by atoms with Crippen molar-refractivity contribution in [3.63, 3.8) is 0 Å². The van der Waals surface area contributed by atoms with E-state index in [1.807, 2.05) is 4.90 Å². The van der Waals surface area contributed by atoms with Gasteiger partial charge in [0.25, 0.3) is 5.56 Å². The van der Waals surface area contributed by atoms with Crippen LogP contribution in [0.3, 0.4) is 0 Å². The molecule has 0 radical (unpaired) electrons. The van der Waals surface area contributed by atoms with E-state index in [4.69, 9.17) is 11.6 Å². The van der Waals surface area contributed by atoms with Crippen LogP contribution in [0, 0.1) is 12.7 Å². The van der Waals surface area contributed by atoms with Gasteiger partial charge in [-0.15, -0.1) is 12.4 Å². The Morgan fingerprint density at radius 3 is 2.48 bits per heavy atom. The molecule has 2 aromatic rings. The average Bonchev–Trinajstić information content (AvgIpc) is 3.28. The molecule has 1 atom stereocenters. The van der Waals surface area contributed by atoms with Crippen molar-refractivity contribution in [2.75, 3.05) is 23.8 Å². The van der Waals surface area contributed by atoms with Crippen LogP contribution < -0.4 is 27.7 Å². The summed E-state index contributed by atoms with van der Waals surface area (Å²) in [5.41, 5.74) is 6.76. The smallest absolute Gasteiger partial charge is 0.354 e. The second kappa shape index (κ2) is 6.03. The lowest BCUT2D eigenvalue weighted by Crippen LogP contribution is -2.44. The Morgan fingerprint density at radius 2 is 1.92 bits per heavy atom. The van der Waals surface area contributed by atoms with Crippen molar-refractivity contribution >= 4 is 23.6 Å². The Balaban J connectivity index is 0.00000182. The number of pyridine rings is 1. The fraction of sp³-hybridized carbons (Fsp3) is 0.500. The molecule has 1 saturated heterocycles. The first-order chi connectivity index (χ1) is 11.4. The number of fused-ring (bicyclic) bond motifs is 1. The van der Waals surface area contributed by atoms with E-state index in [0.717, 1.165) is 25.5 Å². The Bertz CT molecular complexity index is 966. The molecule has 0 aromatic carbocycles. The topological polar surface area (TPSA) is 98.8 Å². The Hall–Kier alpha value is -2.06. The summed E-state index contributed by atoms with van der Waals surface area (Å²) in [6.07, 6.45) is 3.68. The standard InChI is InChI=1S/C16H20FN5O2.ClH/c1-8-13(20-5-4-10(18)6-20)11(17)7-21-14(8)12(9-2-3-9)15(23)22(19)16(21)24;/h7,9-10H,2-6,18-19H2,1H3;1H. The molecule has 0 amide bonds. The number of aromatic nitrogens is 2. The van der Waals surface area contributed by atoms with Gasteiger partial charge < -0.3 is 16.5 Å². The molecule has 2 fully saturated rings. The van der Waals surface area contributed by atoms with E-state index >= 15 is 0 Å². The molecule has 4 N–H and O–H groups in total. The highest BCUT2D eigenvalue weighted by Crippen LogP contribution is 2.42. The number of nitrogens with two attached hydrogens (primary N) is 2. The molecule has 2 aromatic heterocycles. The Morgan fingerprint density at radius 1 is 1.24 bits per heavy atom. The lowest BCUT2D eigenvalue weighted by molar-refractivity contribution is 0.607. The summed E-state index contributed by atoms with van der Waals surface area (Å²) in [6, 6.07) is 0.00200. The molecule has 4 rings (SSSR count). The lowest BCUT2D eigenvalue weighted by atomic mass is 10.1. The molecular formula is C16H21ClFN5O2. The first kappa shape index (κ1) is 17.8. The van der Waals surface area contributed by atoms with Crippen LogP contribution >= 0.6 is 12.4 Å². The third kappa shape index (κ3) is 2.60. The van der Waals surface area contributed by atoms with Gasteiger partial charge in [-0.1, -0.05) is 0 Å². The van der Waals surface area contributed by atoms with Crippen LogP contribution in [-0.4, -0.2) is 28.2 Å². The predicted molar refractivity (Wildman–Crippen MR) is 96.8 cm³/mol. The summed E-state index contributed by atoms with van der Waals surface area (Å²) in [5, 5.41) is 0. The van der Waals surface area contributed by atoms with E-state index in [9.17, 15) is 14.0 Å². The van der Waals surface area contributed by atoms with E-state index < -0.39 is 17.1 Å². The molecule has 1 saturated carbocycles. The third-order valence-corrected chi connectivity index (χ3v) is 5.06. The van der Waals surface area contributed by atoms with Gasteiger partial charge in [0.05, 0.1) is 17.4 Å². The first-order valence-corrected chi connectivity index (χ1v) is 8.16. The maximum Gasteiger partial charge on any atom is 0.354 e. The number of aryl methyl sites for hydroxylation is 1. The zero-order valence-corrected chi connectivity index (χ0v) is 14.7. The number of anilines is 1. The van der Waals surface area contributed by atoms with Crippen LogP contribution in [-0.2, 0) is 0 Å². The quantitative estimate of drug-likeness (QED) is 0.749. The molecule has 7 nitrogen and oxygen atoms in total. The van der Waals surface area contributed by atoms with Crippen molar-refractivity contribution in [2.45, 2.75) is 38.1 Å². The zero-order chi connectivity index (χ0) is 17.2. The molecule has 1 aliphatic heterocycles. The molecule has 9 heteroatoms. The second-order valence-electron chi connectivity index (χ2n) is 6.81. The monoisotopic (exact) mass is 369 g/mol. The third-order valence-electron chi connectivity index (χ3n) is 5.06. The lowest BCUT2D eigenvalue weighted by Gasteiger charge is -2.23. The predicted octanol–water partition coefficient (Wildman–Crippen LogP) is 0.459. The number of hydrogen-bond donors (Lipinski definition) is 2. The maximum atomic E-state index is 14.7. The van der Waals surface area contributed by atoms with E-state index in [-0.39, 0.29) is 24.4 Å². The molecule has 136 valence electrons. The molecule has 1 unspecified atom stereocenters. The summed E-state index contributed by atoms with van der Waals surface area (Å²) in [6.45, 7) is 2.97. The van der Waals surface area contributed by atoms with E-state index in [1.165, 1.54) is 4.40 Å². The molecule has 3 heterocycles. The van der Waals surface area contributed by atoms with Gasteiger partial charge in [0.1, 0.15) is 0 Å². The summed E-state index contributed by atoms with van der Waals surface area (Å²) in [5.74, 6) is 5.20. The van der Waals surface area contributed by atoms with Crippen molar-refractivity contribution in [3.05, 3.63) is 44.0 Å². The van der Waals surface area contributed by atoms with Crippen LogP contribution in [0.25, 0.3) is 5.52 Å². The molecule has 2 aliphatic rings. The number of hydrogen-bond acceptors (Lipinski definition) is 5. The highest BCUT2D eigenvalue weighted by atomic mass is 35.5. The average molecular weight is 370 g/mol. The molecule has 25 heavy (non-hydrogen) atoms.